The van der Waals surface area contributed by atoms with E-state index in [2.05, 4.69) is 0 Å². The molecule has 0 radical (unpaired) electrons. The van der Waals surface area contributed by atoms with Crippen LogP contribution >= 0.6 is 11.8 Å². The SMILES string of the molecule is CCOC1=C(C)CCOC(C2CC(c3ccc(C(C)(F)F)cc3)CN(C(=O)N3CCSCC3)C2)=N1. The second kappa shape index (κ2) is 11.2. The number of likely N-dealkylation sites (tertiary alicyclic amines) is 1. The molecule has 2 unspecified atom stereocenters. The molecule has 0 saturated carbocycles. The number of carbonyl (C=O) groups is 1. The molecule has 0 aliphatic carbocycles. The predicted molar refractivity (Wildman–Crippen MR) is 135 cm³/mol. The maximum absolute atomic E-state index is 13.8. The Morgan fingerprint density at radius 1 is 1.17 bits per heavy atom. The van der Waals surface area contributed by atoms with Crippen LogP contribution in [0.15, 0.2) is 40.7 Å². The summed E-state index contributed by atoms with van der Waals surface area (Å²) in [6.07, 6.45) is 1.46. The van der Waals surface area contributed by atoms with Gasteiger partial charge in [-0.1, -0.05) is 24.3 Å². The highest BCUT2D eigenvalue weighted by Crippen LogP contribution is 2.35. The van der Waals surface area contributed by atoms with E-state index in [0.717, 1.165) is 55.5 Å². The summed E-state index contributed by atoms with van der Waals surface area (Å²) in [7, 11) is 0. The number of piperidine rings is 1. The lowest BCUT2D eigenvalue weighted by atomic mass is 9.84. The second-order valence-electron chi connectivity index (χ2n) is 9.49. The highest BCUT2D eigenvalue weighted by molar-refractivity contribution is 7.99. The van der Waals surface area contributed by atoms with Crippen LogP contribution in [0, 0.1) is 5.92 Å². The van der Waals surface area contributed by atoms with Crippen LogP contribution in [0.1, 0.15) is 50.7 Å². The molecule has 3 aliphatic rings. The predicted octanol–water partition coefficient (Wildman–Crippen LogP) is 5.46. The Balaban J connectivity index is 1.62. The van der Waals surface area contributed by atoms with Crippen molar-refractivity contribution in [2.24, 2.45) is 10.9 Å². The lowest BCUT2D eigenvalue weighted by Gasteiger charge is -2.41. The van der Waals surface area contributed by atoms with Gasteiger partial charge in [-0.2, -0.15) is 16.8 Å². The molecule has 3 aliphatic heterocycles. The molecular formula is C26H35F2N3O3S. The van der Waals surface area contributed by atoms with Crippen molar-refractivity contribution >= 4 is 23.7 Å². The molecule has 2 amide bonds. The van der Waals surface area contributed by atoms with E-state index in [1.807, 2.05) is 35.4 Å². The van der Waals surface area contributed by atoms with Crippen molar-refractivity contribution in [3.05, 3.63) is 46.8 Å². The molecule has 3 heterocycles. The third-order valence-electron chi connectivity index (χ3n) is 6.83. The van der Waals surface area contributed by atoms with E-state index in [-0.39, 0.29) is 23.4 Å². The van der Waals surface area contributed by atoms with Crippen LogP contribution in [-0.2, 0) is 15.4 Å². The standard InChI is InChI=1S/C26H35F2N3O3S/c1-4-33-23-18(2)9-12-34-24(29-23)21-15-20(19-5-7-22(8-6-19)26(3,27)28)16-31(17-21)25(32)30-10-13-35-14-11-30/h5-8,20-21H,4,9-17H2,1-3H3. The molecule has 2 fully saturated rings. The van der Waals surface area contributed by atoms with Gasteiger partial charge in [0, 0.05) is 62.5 Å². The number of alkyl halides is 2. The quantitative estimate of drug-likeness (QED) is 0.531. The molecule has 4 rings (SSSR count). The fourth-order valence-electron chi connectivity index (χ4n) is 4.82. The van der Waals surface area contributed by atoms with Gasteiger partial charge >= 0.3 is 6.03 Å². The van der Waals surface area contributed by atoms with Gasteiger partial charge in [0.05, 0.1) is 19.1 Å². The lowest BCUT2D eigenvalue weighted by molar-refractivity contribution is 0.0174. The number of aliphatic imine (C=N–C) groups is 1. The van der Waals surface area contributed by atoms with E-state index >= 15 is 0 Å². The zero-order chi connectivity index (χ0) is 25.0. The van der Waals surface area contributed by atoms with Crippen LogP contribution in [0.5, 0.6) is 0 Å². The highest BCUT2D eigenvalue weighted by Gasteiger charge is 2.37. The first-order chi connectivity index (χ1) is 16.8. The number of ether oxygens (including phenoxy) is 2. The third-order valence-corrected chi connectivity index (χ3v) is 7.77. The number of benzene rings is 1. The Bertz CT molecular complexity index is 956. The van der Waals surface area contributed by atoms with Crippen molar-refractivity contribution in [2.75, 3.05) is 50.9 Å². The Labute approximate surface area is 210 Å². The van der Waals surface area contributed by atoms with Crippen molar-refractivity contribution in [3.8, 4) is 0 Å². The minimum atomic E-state index is -2.88. The van der Waals surface area contributed by atoms with Crippen molar-refractivity contribution in [1.29, 1.82) is 0 Å². The van der Waals surface area contributed by atoms with Gasteiger partial charge in [0.2, 0.25) is 5.88 Å². The minimum absolute atomic E-state index is 0.00781. The zero-order valence-electron chi connectivity index (χ0n) is 20.8. The largest absolute Gasteiger partial charge is 0.480 e. The van der Waals surface area contributed by atoms with E-state index in [1.54, 1.807) is 12.1 Å². The summed E-state index contributed by atoms with van der Waals surface area (Å²) < 4.78 is 39.4. The normalized spacial score (nSPS) is 24.0. The maximum atomic E-state index is 13.8. The second-order valence-corrected chi connectivity index (χ2v) is 10.7. The molecule has 0 N–H and O–H groups in total. The van der Waals surface area contributed by atoms with Crippen molar-refractivity contribution in [1.82, 2.24) is 9.80 Å². The first-order valence-corrected chi connectivity index (χ1v) is 13.6. The fourth-order valence-corrected chi connectivity index (χ4v) is 5.73. The number of halogens is 2. The minimum Gasteiger partial charge on any atom is -0.480 e. The lowest BCUT2D eigenvalue weighted by Crippen LogP contribution is -2.52. The number of nitrogens with zero attached hydrogens (tertiary/aromatic N) is 3. The Kier molecular flexibility index (Phi) is 8.24. The third kappa shape index (κ3) is 6.29. The zero-order valence-corrected chi connectivity index (χ0v) is 21.6. The smallest absolute Gasteiger partial charge is 0.320 e. The van der Waals surface area contributed by atoms with Gasteiger partial charge in [-0.15, -0.1) is 0 Å². The van der Waals surface area contributed by atoms with Gasteiger partial charge in [-0.25, -0.2) is 13.6 Å². The monoisotopic (exact) mass is 507 g/mol. The summed E-state index contributed by atoms with van der Waals surface area (Å²) in [6.45, 7) is 8.40. The molecule has 2 atom stereocenters. The first-order valence-electron chi connectivity index (χ1n) is 12.4. The number of urea groups is 1. The van der Waals surface area contributed by atoms with Gasteiger partial charge in [-0.3, -0.25) is 0 Å². The topological polar surface area (TPSA) is 54.4 Å². The Morgan fingerprint density at radius 2 is 1.86 bits per heavy atom. The Hall–Kier alpha value is -2.29. The highest BCUT2D eigenvalue weighted by atomic mass is 32.2. The molecule has 1 aromatic carbocycles. The molecule has 2 saturated heterocycles. The summed E-state index contributed by atoms with van der Waals surface area (Å²) in [5, 5.41) is 0. The Morgan fingerprint density at radius 3 is 2.51 bits per heavy atom. The van der Waals surface area contributed by atoms with E-state index in [0.29, 0.717) is 38.1 Å². The molecule has 0 spiro atoms. The van der Waals surface area contributed by atoms with Crippen LogP contribution in [0.3, 0.4) is 0 Å². The molecule has 192 valence electrons. The fraction of sp³-hybridized carbons (Fsp3) is 0.615. The van der Waals surface area contributed by atoms with E-state index in [1.165, 1.54) is 12.1 Å². The van der Waals surface area contributed by atoms with Crippen LogP contribution in [-0.4, -0.2) is 72.6 Å². The van der Waals surface area contributed by atoms with E-state index in [4.69, 9.17) is 14.5 Å². The van der Waals surface area contributed by atoms with Crippen LogP contribution in [0.4, 0.5) is 13.6 Å². The molecule has 1 aromatic rings. The van der Waals surface area contributed by atoms with Crippen molar-refractivity contribution < 1.29 is 23.0 Å². The van der Waals surface area contributed by atoms with E-state index in [9.17, 15) is 13.6 Å². The van der Waals surface area contributed by atoms with Crippen LogP contribution in [0.2, 0.25) is 0 Å². The van der Waals surface area contributed by atoms with Gasteiger partial charge < -0.3 is 19.3 Å². The summed E-state index contributed by atoms with van der Waals surface area (Å²) in [6, 6.07) is 6.55. The average Bonchev–Trinajstić information content (AvgIpc) is 3.05. The number of amides is 2. The summed E-state index contributed by atoms with van der Waals surface area (Å²) >= 11 is 1.86. The molecule has 0 bridgehead atoms. The number of hydrogen-bond donors (Lipinski definition) is 0. The van der Waals surface area contributed by atoms with Gasteiger partial charge in [0.15, 0.2) is 5.90 Å². The van der Waals surface area contributed by atoms with Gasteiger partial charge in [-0.05, 0) is 31.4 Å². The number of rotatable bonds is 5. The van der Waals surface area contributed by atoms with Gasteiger partial charge in [0.1, 0.15) is 0 Å². The maximum Gasteiger partial charge on any atom is 0.320 e. The number of hydrogen-bond acceptors (Lipinski definition) is 5. The van der Waals surface area contributed by atoms with Crippen molar-refractivity contribution in [3.63, 3.8) is 0 Å². The molecule has 9 heteroatoms. The number of carbonyl (C=O) groups excluding carboxylic acids is 1. The molecular weight excluding hydrogens is 472 g/mol. The summed E-state index contributed by atoms with van der Waals surface area (Å²) in [5.74, 6) is 0.0800. The summed E-state index contributed by atoms with van der Waals surface area (Å²) in [5.41, 5.74) is 1.98. The summed E-state index contributed by atoms with van der Waals surface area (Å²) in [4.78, 5) is 22.0. The van der Waals surface area contributed by atoms with Crippen LogP contribution < -0.4 is 0 Å². The molecule has 6 nitrogen and oxygen atoms in total. The molecule has 35 heavy (non-hydrogen) atoms. The van der Waals surface area contributed by atoms with Crippen LogP contribution in [0.25, 0.3) is 0 Å². The van der Waals surface area contributed by atoms with Crippen molar-refractivity contribution in [2.45, 2.75) is 45.5 Å². The van der Waals surface area contributed by atoms with Gasteiger partial charge in [0.25, 0.3) is 5.92 Å². The molecule has 0 aromatic heterocycles. The first kappa shape index (κ1) is 25.8. The van der Waals surface area contributed by atoms with E-state index < -0.39 is 5.92 Å². The average molecular weight is 508 g/mol. The number of thioether (sulfide) groups is 1.